The fourth-order valence-electron chi connectivity index (χ4n) is 4.64. The molecule has 3 heterocycles. The molecule has 1 aromatic carbocycles. The summed E-state index contributed by atoms with van der Waals surface area (Å²) < 4.78 is 32.7. The molecule has 0 aromatic heterocycles. The van der Waals surface area contributed by atoms with Crippen LogP contribution >= 0.6 is 0 Å². The van der Waals surface area contributed by atoms with Gasteiger partial charge in [-0.25, -0.2) is 8.42 Å². The minimum atomic E-state index is -3.70. The number of likely N-dealkylation sites (tertiary alicyclic amines) is 1. The highest BCUT2D eigenvalue weighted by Crippen LogP contribution is 2.31. The molecule has 0 aliphatic carbocycles. The van der Waals surface area contributed by atoms with Crippen LogP contribution in [-0.2, 0) is 14.8 Å². The summed E-state index contributed by atoms with van der Waals surface area (Å²) in [7, 11) is -3.70. The molecule has 3 saturated heterocycles. The van der Waals surface area contributed by atoms with Crippen LogP contribution in [0.3, 0.4) is 0 Å². The second-order valence-corrected chi connectivity index (χ2v) is 10.3. The quantitative estimate of drug-likeness (QED) is 0.537. The summed E-state index contributed by atoms with van der Waals surface area (Å²) in [4.78, 5) is 13.6. The Kier molecular flexibility index (Phi) is 6.57. The first-order chi connectivity index (χ1) is 14.4. The van der Waals surface area contributed by atoms with Gasteiger partial charge in [0.25, 0.3) is 5.69 Å². The SMILES string of the molecule is O=[N+]([O-])c1cc(S(=O)(=O)N2CCCCC2)ccc1NC1CCN(C2CCOC2)CC1. The van der Waals surface area contributed by atoms with Gasteiger partial charge in [0.05, 0.1) is 16.4 Å². The normalized spacial score (nSPS) is 24.7. The molecule has 0 radical (unpaired) electrons. The van der Waals surface area contributed by atoms with Crippen molar-refractivity contribution < 1.29 is 18.1 Å². The van der Waals surface area contributed by atoms with Crippen molar-refractivity contribution in [3.8, 4) is 0 Å². The van der Waals surface area contributed by atoms with Crippen LogP contribution in [0.5, 0.6) is 0 Å². The lowest BCUT2D eigenvalue weighted by Crippen LogP contribution is -2.44. The van der Waals surface area contributed by atoms with E-state index in [-0.39, 0.29) is 16.6 Å². The summed E-state index contributed by atoms with van der Waals surface area (Å²) in [6, 6.07) is 4.86. The summed E-state index contributed by atoms with van der Waals surface area (Å²) in [6.07, 6.45) is 5.51. The van der Waals surface area contributed by atoms with E-state index in [1.165, 1.54) is 16.4 Å². The van der Waals surface area contributed by atoms with E-state index in [0.29, 0.717) is 24.8 Å². The molecular weight excluding hydrogens is 408 g/mol. The molecule has 0 bridgehead atoms. The number of anilines is 1. The van der Waals surface area contributed by atoms with E-state index in [0.717, 1.165) is 64.8 Å². The monoisotopic (exact) mass is 438 g/mol. The highest BCUT2D eigenvalue weighted by atomic mass is 32.2. The van der Waals surface area contributed by atoms with Crippen molar-refractivity contribution in [2.75, 3.05) is 44.7 Å². The van der Waals surface area contributed by atoms with E-state index in [4.69, 9.17) is 4.74 Å². The van der Waals surface area contributed by atoms with Gasteiger partial charge in [-0.2, -0.15) is 4.31 Å². The van der Waals surface area contributed by atoms with E-state index in [2.05, 4.69) is 10.2 Å². The maximum atomic E-state index is 12.9. The number of hydrogen-bond acceptors (Lipinski definition) is 7. The second-order valence-electron chi connectivity index (χ2n) is 8.37. The molecule has 9 nitrogen and oxygen atoms in total. The van der Waals surface area contributed by atoms with Crippen molar-refractivity contribution in [3.05, 3.63) is 28.3 Å². The number of nitrogens with one attached hydrogen (secondary N) is 1. The largest absolute Gasteiger partial charge is 0.380 e. The Morgan fingerprint density at radius 1 is 1.07 bits per heavy atom. The van der Waals surface area contributed by atoms with Gasteiger partial charge in [0, 0.05) is 50.9 Å². The Balaban J connectivity index is 1.45. The third-order valence-electron chi connectivity index (χ3n) is 6.43. The minimum absolute atomic E-state index is 0.00213. The number of nitrogens with zero attached hydrogens (tertiary/aromatic N) is 3. The van der Waals surface area contributed by atoms with Crippen LogP contribution in [0.2, 0.25) is 0 Å². The molecule has 10 heteroatoms. The standard InChI is InChI=1S/C20H30N4O5S/c25-24(26)20-14-18(30(27,28)23-9-2-1-3-10-23)4-5-19(20)21-16-6-11-22(12-7-16)17-8-13-29-15-17/h4-5,14,16-17,21H,1-3,6-13,15H2. The average Bonchev–Trinajstić information content (AvgIpc) is 3.30. The minimum Gasteiger partial charge on any atom is -0.380 e. The van der Waals surface area contributed by atoms with Crippen molar-refractivity contribution in [2.45, 2.75) is 55.5 Å². The Morgan fingerprint density at radius 2 is 1.80 bits per heavy atom. The molecule has 0 amide bonds. The molecule has 1 atom stereocenters. The molecule has 1 N–H and O–H groups in total. The maximum Gasteiger partial charge on any atom is 0.293 e. The first-order valence-electron chi connectivity index (χ1n) is 10.8. The lowest BCUT2D eigenvalue weighted by Gasteiger charge is -2.35. The van der Waals surface area contributed by atoms with Gasteiger partial charge in [-0.05, 0) is 44.2 Å². The van der Waals surface area contributed by atoms with Gasteiger partial charge in [0.2, 0.25) is 10.0 Å². The maximum absolute atomic E-state index is 12.9. The zero-order chi connectivity index (χ0) is 21.1. The fourth-order valence-corrected chi connectivity index (χ4v) is 6.18. The lowest BCUT2D eigenvalue weighted by molar-refractivity contribution is -0.384. The number of ether oxygens (including phenoxy) is 1. The number of piperidine rings is 2. The van der Waals surface area contributed by atoms with Gasteiger partial charge >= 0.3 is 0 Å². The molecule has 3 aliphatic heterocycles. The van der Waals surface area contributed by atoms with Crippen LogP contribution in [0.4, 0.5) is 11.4 Å². The van der Waals surface area contributed by atoms with Gasteiger partial charge in [-0.3, -0.25) is 15.0 Å². The van der Waals surface area contributed by atoms with Gasteiger partial charge in [0.1, 0.15) is 5.69 Å². The van der Waals surface area contributed by atoms with Crippen LogP contribution in [0.25, 0.3) is 0 Å². The molecule has 3 aliphatic rings. The highest BCUT2D eigenvalue weighted by molar-refractivity contribution is 7.89. The zero-order valence-corrected chi connectivity index (χ0v) is 18.0. The van der Waals surface area contributed by atoms with Gasteiger partial charge in [-0.15, -0.1) is 0 Å². The van der Waals surface area contributed by atoms with Gasteiger partial charge in [-0.1, -0.05) is 6.42 Å². The lowest BCUT2D eigenvalue weighted by atomic mass is 10.0. The van der Waals surface area contributed by atoms with E-state index in [9.17, 15) is 18.5 Å². The van der Waals surface area contributed by atoms with E-state index in [1.54, 1.807) is 6.07 Å². The fraction of sp³-hybridized carbons (Fsp3) is 0.700. The summed E-state index contributed by atoms with van der Waals surface area (Å²) in [5, 5.41) is 15.0. The summed E-state index contributed by atoms with van der Waals surface area (Å²) in [5.41, 5.74) is 0.208. The number of hydrogen-bond donors (Lipinski definition) is 1. The summed E-state index contributed by atoms with van der Waals surface area (Å²) in [6.45, 7) is 4.42. The first-order valence-corrected chi connectivity index (χ1v) is 12.3. The van der Waals surface area contributed by atoms with Crippen LogP contribution in [0.1, 0.15) is 38.5 Å². The molecule has 4 rings (SSSR count). The van der Waals surface area contributed by atoms with E-state index >= 15 is 0 Å². The number of benzene rings is 1. The van der Waals surface area contributed by atoms with E-state index in [1.807, 2.05) is 0 Å². The Hall–Kier alpha value is -1.75. The van der Waals surface area contributed by atoms with Crippen LogP contribution < -0.4 is 5.32 Å². The zero-order valence-electron chi connectivity index (χ0n) is 17.2. The van der Waals surface area contributed by atoms with Crippen molar-refractivity contribution in [1.29, 1.82) is 0 Å². The topological polar surface area (TPSA) is 105 Å². The van der Waals surface area contributed by atoms with Crippen LogP contribution in [0, 0.1) is 10.1 Å². The molecule has 0 saturated carbocycles. The number of nitro benzene ring substituents is 1. The molecule has 1 unspecified atom stereocenters. The predicted molar refractivity (Wildman–Crippen MR) is 113 cm³/mol. The molecule has 30 heavy (non-hydrogen) atoms. The second kappa shape index (κ2) is 9.17. The van der Waals surface area contributed by atoms with Gasteiger partial charge < -0.3 is 10.1 Å². The number of rotatable bonds is 6. The molecule has 0 spiro atoms. The highest BCUT2D eigenvalue weighted by Gasteiger charge is 2.31. The summed E-state index contributed by atoms with van der Waals surface area (Å²) >= 11 is 0. The Bertz CT molecular complexity index is 858. The third kappa shape index (κ3) is 4.61. The molecule has 3 fully saturated rings. The van der Waals surface area contributed by atoms with Crippen LogP contribution in [0.15, 0.2) is 23.1 Å². The average molecular weight is 439 g/mol. The van der Waals surface area contributed by atoms with Crippen molar-refractivity contribution in [1.82, 2.24) is 9.21 Å². The number of nitro groups is 1. The summed E-state index contributed by atoms with van der Waals surface area (Å²) in [5.74, 6) is 0. The van der Waals surface area contributed by atoms with Gasteiger partial charge in [0.15, 0.2) is 0 Å². The smallest absolute Gasteiger partial charge is 0.293 e. The van der Waals surface area contributed by atoms with Crippen molar-refractivity contribution in [2.24, 2.45) is 0 Å². The Labute approximate surface area is 177 Å². The van der Waals surface area contributed by atoms with Crippen molar-refractivity contribution >= 4 is 21.4 Å². The number of sulfonamides is 1. The van der Waals surface area contributed by atoms with E-state index < -0.39 is 14.9 Å². The molecule has 166 valence electrons. The molecule has 1 aromatic rings. The van der Waals surface area contributed by atoms with Crippen molar-refractivity contribution in [3.63, 3.8) is 0 Å². The predicted octanol–water partition coefficient (Wildman–Crippen LogP) is 2.43. The third-order valence-corrected chi connectivity index (χ3v) is 8.32. The van der Waals surface area contributed by atoms with Crippen LogP contribution in [-0.4, -0.2) is 74.0 Å². The molecular formula is C20H30N4O5S. The first kappa shape index (κ1) is 21.5. The Morgan fingerprint density at radius 3 is 2.43 bits per heavy atom.